The van der Waals surface area contributed by atoms with Crippen molar-refractivity contribution in [1.82, 2.24) is 0 Å². The van der Waals surface area contributed by atoms with Gasteiger partial charge in [0.1, 0.15) is 0 Å². The minimum Gasteiger partial charge on any atom is -0.465 e. The van der Waals surface area contributed by atoms with Crippen LogP contribution in [0, 0.1) is 0 Å². The first-order valence-electron chi connectivity index (χ1n) is 5.97. The molecule has 1 atom stereocenters. The molecule has 3 nitrogen and oxygen atoms in total. The van der Waals surface area contributed by atoms with E-state index in [1.807, 2.05) is 0 Å². The smallest absolute Gasteiger partial charge is 0.418 e. The fourth-order valence-corrected chi connectivity index (χ4v) is 1.59. The summed E-state index contributed by atoms with van der Waals surface area (Å²) in [6.07, 6.45) is -6.56. The van der Waals surface area contributed by atoms with Crippen molar-refractivity contribution < 1.29 is 27.4 Å². The molecule has 0 aliphatic rings. The minimum absolute atomic E-state index is 0.0555. The van der Waals surface area contributed by atoms with Crippen molar-refractivity contribution >= 4 is 5.97 Å². The first-order chi connectivity index (χ1) is 9.04. The average molecular weight is 290 g/mol. The lowest BCUT2D eigenvalue weighted by Gasteiger charge is -2.29. The van der Waals surface area contributed by atoms with Crippen molar-refractivity contribution in [3.8, 4) is 0 Å². The SMILES string of the molecule is COC(=O)c1ccc(C(OC(C)(C)C)C(F)(F)F)cc1. The molecule has 0 fully saturated rings. The summed E-state index contributed by atoms with van der Waals surface area (Å²) >= 11 is 0. The molecule has 0 aliphatic heterocycles. The topological polar surface area (TPSA) is 35.5 Å². The van der Waals surface area contributed by atoms with Gasteiger partial charge in [0, 0.05) is 0 Å². The molecule has 0 saturated heterocycles. The first-order valence-corrected chi connectivity index (χ1v) is 5.97. The van der Waals surface area contributed by atoms with Gasteiger partial charge in [0.15, 0.2) is 6.10 Å². The minimum atomic E-state index is -4.53. The van der Waals surface area contributed by atoms with Crippen molar-refractivity contribution in [1.29, 1.82) is 0 Å². The summed E-state index contributed by atoms with van der Waals surface area (Å²) in [7, 11) is 1.21. The van der Waals surface area contributed by atoms with Crippen molar-refractivity contribution in [3.05, 3.63) is 35.4 Å². The summed E-state index contributed by atoms with van der Waals surface area (Å²) < 4.78 is 48.7. The van der Waals surface area contributed by atoms with E-state index >= 15 is 0 Å². The summed E-state index contributed by atoms with van der Waals surface area (Å²) in [6, 6.07) is 5.00. The van der Waals surface area contributed by atoms with Gasteiger partial charge in [0.25, 0.3) is 0 Å². The Kier molecular flexibility index (Phi) is 4.81. The molecular formula is C14H17F3O3. The molecule has 1 aromatic carbocycles. The predicted octanol–water partition coefficient (Wildman–Crippen LogP) is 3.89. The molecule has 0 radical (unpaired) electrons. The molecule has 0 N–H and O–H groups in total. The fourth-order valence-electron chi connectivity index (χ4n) is 1.59. The fraction of sp³-hybridized carbons (Fsp3) is 0.500. The van der Waals surface area contributed by atoms with E-state index in [0.29, 0.717) is 0 Å². The van der Waals surface area contributed by atoms with Gasteiger partial charge in [0.05, 0.1) is 18.3 Å². The second kappa shape index (κ2) is 5.83. The van der Waals surface area contributed by atoms with Crippen LogP contribution < -0.4 is 0 Å². The number of ether oxygens (including phenoxy) is 2. The number of hydrogen-bond donors (Lipinski definition) is 0. The predicted molar refractivity (Wildman–Crippen MR) is 67.4 cm³/mol. The summed E-state index contributed by atoms with van der Waals surface area (Å²) in [5.74, 6) is -0.600. The maximum Gasteiger partial charge on any atom is 0.418 e. The third kappa shape index (κ3) is 4.52. The van der Waals surface area contributed by atoms with Crippen molar-refractivity contribution in [3.63, 3.8) is 0 Å². The molecule has 112 valence electrons. The number of hydrogen-bond acceptors (Lipinski definition) is 3. The number of halogens is 3. The van der Waals surface area contributed by atoms with Gasteiger partial charge in [-0.25, -0.2) is 4.79 Å². The van der Waals surface area contributed by atoms with Crippen molar-refractivity contribution in [2.24, 2.45) is 0 Å². The number of carbonyl (C=O) groups excluding carboxylic acids is 1. The average Bonchev–Trinajstić information content (AvgIpc) is 2.33. The Balaban J connectivity index is 3.06. The zero-order valence-electron chi connectivity index (χ0n) is 11.7. The first kappa shape index (κ1) is 16.5. The number of rotatable bonds is 3. The van der Waals surface area contributed by atoms with Crippen LogP contribution >= 0.6 is 0 Å². The lowest BCUT2D eigenvalue weighted by molar-refractivity contribution is -0.249. The maximum absolute atomic E-state index is 13.0. The number of esters is 1. The van der Waals surface area contributed by atoms with Crippen LogP contribution in [0.5, 0.6) is 0 Å². The largest absolute Gasteiger partial charge is 0.465 e. The molecule has 0 aromatic heterocycles. The second-order valence-electron chi connectivity index (χ2n) is 5.27. The van der Waals surface area contributed by atoms with Crippen LogP contribution in [0.25, 0.3) is 0 Å². The van der Waals surface area contributed by atoms with Crippen LogP contribution in [0.4, 0.5) is 13.2 Å². The molecule has 0 bridgehead atoms. The molecule has 0 saturated carbocycles. The number of benzene rings is 1. The molecule has 1 rings (SSSR count). The molecule has 20 heavy (non-hydrogen) atoms. The Labute approximate surface area is 115 Å². The highest BCUT2D eigenvalue weighted by atomic mass is 19.4. The van der Waals surface area contributed by atoms with Gasteiger partial charge in [-0.15, -0.1) is 0 Å². The van der Waals surface area contributed by atoms with E-state index in [0.717, 1.165) is 0 Å². The summed E-state index contributed by atoms with van der Waals surface area (Å²) in [6.45, 7) is 4.65. The number of alkyl halides is 3. The Morgan fingerprint density at radius 3 is 1.95 bits per heavy atom. The van der Waals surface area contributed by atoms with E-state index in [1.54, 1.807) is 20.8 Å². The van der Waals surface area contributed by atoms with E-state index in [9.17, 15) is 18.0 Å². The molecule has 0 aliphatic carbocycles. The molecule has 0 spiro atoms. The Morgan fingerprint density at radius 2 is 1.60 bits per heavy atom. The summed E-state index contributed by atoms with van der Waals surface area (Å²) in [5, 5.41) is 0. The highest BCUT2D eigenvalue weighted by Crippen LogP contribution is 2.38. The van der Waals surface area contributed by atoms with Gasteiger partial charge in [-0.05, 0) is 38.5 Å². The van der Waals surface area contributed by atoms with E-state index in [4.69, 9.17) is 4.74 Å². The van der Waals surface area contributed by atoms with Gasteiger partial charge in [0.2, 0.25) is 0 Å². The number of carbonyl (C=O) groups is 1. The quantitative estimate of drug-likeness (QED) is 0.792. The standard InChI is InChI=1S/C14H17F3O3/c1-13(2,3)20-11(14(15,16)17)9-5-7-10(8-6-9)12(18)19-4/h5-8,11H,1-4H3. The second-order valence-corrected chi connectivity index (χ2v) is 5.27. The molecule has 0 amide bonds. The van der Waals surface area contributed by atoms with Crippen molar-refractivity contribution in [2.75, 3.05) is 7.11 Å². The van der Waals surface area contributed by atoms with Crippen LogP contribution in [0.15, 0.2) is 24.3 Å². The summed E-state index contributed by atoms with van der Waals surface area (Å²) in [4.78, 5) is 11.2. The highest BCUT2D eigenvalue weighted by molar-refractivity contribution is 5.89. The molecule has 1 aromatic rings. The zero-order chi connectivity index (χ0) is 15.6. The van der Waals surface area contributed by atoms with E-state index < -0.39 is 23.9 Å². The van der Waals surface area contributed by atoms with Crippen LogP contribution in [0.3, 0.4) is 0 Å². The third-order valence-electron chi connectivity index (χ3n) is 2.40. The Hall–Kier alpha value is -1.56. The molecule has 1 unspecified atom stereocenters. The van der Waals surface area contributed by atoms with Gasteiger partial charge in [-0.3, -0.25) is 0 Å². The van der Waals surface area contributed by atoms with Gasteiger partial charge in [-0.2, -0.15) is 13.2 Å². The molecular weight excluding hydrogens is 273 g/mol. The third-order valence-corrected chi connectivity index (χ3v) is 2.40. The zero-order valence-corrected chi connectivity index (χ0v) is 11.7. The summed E-state index contributed by atoms with van der Waals surface area (Å²) in [5.41, 5.74) is -0.811. The van der Waals surface area contributed by atoms with Crippen LogP contribution in [-0.2, 0) is 9.47 Å². The van der Waals surface area contributed by atoms with Crippen LogP contribution in [0.2, 0.25) is 0 Å². The monoisotopic (exact) mass is 290 g/mol. The maximum atomic E-state index is 13.0. The lowest BCUT2D eigenvalue weighted by atomic mass is 10.0. The van der Waals surface area contributed by atoms with Gasteiger partial charge >= 0.3 is 12.1 Å². The van der Waals surface area contributed by atoms with Crippen molar-refractivity contribution in [2.45, 2.75) is 38.7 Å². The van der Waals surface area contributed by atoms with E-state index in [1.165, 1.54) is 31.4 Å². The van der Waals surface area contributed by atoms with Gasteiger partial charge in [-0.1, -0.05) is 12.1 Å². The lowest BCUT2D eigenvalue weighted by Crippen LogP contribution is -2.31. The van der Waals surface area contributed by atoms with E-state index in [-0.39, 0.29) is 11.1 Å². The Bertz CT molecular complexity index is 458. The normalized spacial score (nSPS) is 13.9. The highest BCUT2D eigenvalue weighted by Gasteiger charge is 2.44. The Morgan fingerprint density at radius 1 is 1.10 bits per heavy atom. The van der Waals surface area contributed by atoms with Gasteiger partial charge < -0.3 is 9.47 Å². The van der Waals surface area contributed by atoms with E-state index in [2.05, 4.69) is 4.74 Å². The number of methoxy groups -OCH3 is 1. The molecule has 6 heteroatoms. The van der Waals surface area contributed by atoms with Crippen LogP contribution in [0.1, 0.15) is 42.8 Å². The van der Waals surface area contributed by atoms with Crippen LogP contribution in [-0.4, -0.2) is 24.9 Å². The molecule has 0 heterocycles.